The van der Waals surface area contributed by atoms with E-state index in [1.807, 2.05) is 0 Å². The van der Waals surface area contributed by atoms with E-state index in [0.717, 1.165) is 0 Å². The van der Waals surface area contributed by atoms with Crippen molar-refractivity contribution in [1.29, 1.82) is 0 Å². The molecule has 0 spiro atoms. The van der Waals surface area contributed by atoms with Crippen LogP contribution in [0.4, 0.5) is 0 Å². The van der Waals surface area contributed by atoms with Gasteiger partial charge in [-0.25, -0.2) is 0 Å². The molecule has 0 rings (SSSR count). The second-order valence-corrected chi connectivity index (χ2v) is 3.34. The first-order chi connectivity index (χ1) is 3.18. The minimum atomic E-state index is 1.25. The number of allylic oxidation sites excluding steroid dienone is 2. The fourth-order valence-corrected chi connectivity index (χ4v) is 0.354. The van der Waals surface area contributed by atoms with E-state index in [9.17, 15) is 0 Å². The lowest BCUT2D eigenvalue weighted by atomic mass is 10.3. The Morgan fingerprint density at radius 2 is 1.86 bits per heavy atom. The topological polar surface area (TPSA) is 0 Å². The fraction of sp³-hybridized carbons (Fsp3) is 0.667. The molecule has 1 heteroatoms. The summed E-state index contributed by atoms with van der Waals surface area (Å²) in [6, 6.07) is 0. The van der Waals surface area contributed by atoms with E-state index in [1.165, 1.54) is 22.2 Å². The molecule has 0 aliphatic rings. The quantitative estimate of drug-likeness (QED) is 0.447. The van der Waals surface area contributed by atoms with Gasteiger partial charge in [0, 0.05) is 10.2 Å². The SMILES string of the molecule is CCC([SiH3])=C(C)C. The summed E-state index contributed by atoms with van der Waals surface area (Å²) >= 11 is 0. The summed E-state index contributed by atoms with van der Waals surface area (Å²) in [6.07, 6.45) is 1.26. The number of hydrogen-bond acceptors (Lipinski definition) is 0. The Morgan fingerprint density at radius 3 is 1.86 bits per heavy atom. The van der Waals surface area contributed by atoms with Gasteiger partial charge >= 0.3 is 0 Å². The molecule has 0 unspecified atom stereocenters. The minimum Gasteiger partial charge on any atom is -0.0934 e. The summed E-state index contributed by atoms with van der Waals surface area (Å²) in [4.78, 5) is 0. The molecule has 0 saturated heterocycles. The Labute approximate surface area is 49.0 Å². The van der Waals surface area contributed by atoms with Gasteiger partial charge < -0.3 is 0 Å². The zero-order chi connectivity index (χ0) is 5.86. The van der Waals surface area contributed by atoms with E-state index in [2.05, 4.69) is 20.8 Å². The first-order valence-electron chi connectivity index (χ1n) is 2.81. The van der Waals surface area contributed by atoms with E-state index in [-0.39, 0.29) is 0 Å². The minimum absolute atomic E-state index is 1.25. The van der Waals surface area contributed by atoms with Crippen molar-refractivity contribution in [3.8, 4) is 0 Å². The lowest BCUT2D eigenvalue weighted by Gasteiger charge is -1.94. The van der Waals surface area contributed by atoms with E-state index in [1.54, 1.807) is 5.20 Å². The van der Waals surface area contributed by atoms with Crippen molar-refractivity contribution in [2.45, 2.75) is 27.2 Å². The van der Waals surface area contributed by atoms with Crippen molar-refractivity contribution < 1.29 is 0 Å². The van der Waals surface area contributed by atoms with Gasteiger partial charge in [-0.2, -0.15) is 0 Å². The molecule has 0 fully saturated rings. The van der Waals surface area contributed by atoms with Gasteiger partial charge in [0.25, 0.3) is 0 Å². The molecule has 0 amide bonds. The molecule has 0 nitrogen and oxygen atoms in total. The number of hydrogen-bond donors (Lipinski definition) is 0. The van der Waals surface area contributed by atoms with Crippen LogP contribution in [0, 0.1) is 0 Å². The zero-order valence-corrected chi connectivity index (χ0v) is 7.71. The highest BCUT2D eigenvalue weighted by atomic mass is 28.1. The summed E-state index contributed by atoms with van der Waals surface area (Å²) in [6.45, 7) is 6.59. The van der Waals surface area contributed by atoms with Crippen molar-refractivity contribution in [1.82, 2.24) is 0 Å². The monoisotopic (exact) mass is 114 g/mol. The molecular formula is C6H14Si. The molecule has 0 bridgehead atoms. The fourth-order valence-electron chi connectivity index (χ4n) is 0.354. The molecule has 0 radical (unpaired) electrons. The van der Waals surface area contributed by atoms with E-state index in [0.29, 0.717) is 0 Å². The third-order valence-corrected chi connectivity index (χ3v) is 3.09. The highest BCUT2D eigenvalue weighted by Crippen LogP contribution is 2.00. The second-order valence-electron chi connectivity index (χ2n) is 2.13. The molecule has 0 aliphatic carbocycles. The van der Waals surface area contributed by atoms with Crippen molar-refractivity contribution in [3.63, 3.8) is 0 Å². The van der Waals surface area contributed by atoms with E-state index < -0.39 is 0 Å². The average Bonchev–Trinajstić information content (AvgIpc) is 1.65. The van der Waals surface area contributed by atoms with Gasteiger partial charge in [-0.3, -0.25) is 0 Å². The van der Waals surface area contributed by atoms with Crippen LogP contribution < -0.4 is 0 Å². The average molecular weight is 114 g/mol. The van der Waals surface area contributed by atoms with E-state index in [4.69, 9.17) is 0 Å². The smallest absolute Gasteiger partial charge is 0.0332 e. The van der Waals surface area contributed by atoms with Crippen LogP contribution >= 0.6 is 0 Å². The molecule has 0 heterocycles. The Bertz CT molecular complexity index is 78.2. The predicted octanol–water partition coefficient (Wildman–Crippen LogP) is 1.06. The predicted molar refractivity (Wildman–Crippen MR) is 38.6 cm³/mol. The van der Waals surface area contributed by atoms with Crippen LogP contribution in [0.1, 0.15) is 27.2 Å². The molecule has 0 atom stereocenters. The van der Waals surface area contributed by atoms with Gasteiger partial charge in [-0.05, 0) is 20.3 Å². The van der Waals surface area contributed by atoms with Gasteiger partial charge in [-0.15, -0.1) is 0 Å². The summed E-state index contributed by atoms with van der Waals surface area (Å²) in [5.74, 6) is 0. The second kappa shape index (κ2) is 3.02. The van der Waals surface area contributed by atoms with Crippen molar-refractivity contribution in [2.75, 3.05) is 0 Å². The van der Waals surface area contributed by atoms with Crippen molar-refractivity contribution in [3.05, 3.63) is 10.8 Å². The molecular weight excluding hydrogens is 100 g/mol. The summed E-state index contributed by atoms with van der Waals surface area (Å²) < 4.78 is 0. The highest BCUT2D eigenvalue weighted by molar-refractivity contribution is 6.21. The van der Waals surface area contributed by atoms with E-state index >= 15 is 0 Å². The van der Waals surface area contributed by atoms with Gasteiger partial charge in [0.05, 0.1) is 0 Å². The van der Waals surface area contributed by atoms with Gasteiger partial charge in [0.15, 0.2) is 0 Å². The lowest BCUT2D eigenvalue weighted by Crippen LogP contribution is -1.80. The van der Waals surface area contributed by atoms with Crippen LogP contribution in [0.3, 0.4) is 0 Å². The van der Waals surface area contributed by atoms with Crippen LogP contribution in [0.15, 0.2) is 10.8 Å². The third-order valence-electron chi connectivity index (χ3n) is 1.38. The zero-order valence-electron chi connectivity index (χ0n) is 5.71. The largest absolute Gasteiger partial charge is 0.0934 e. The maximum atomic E-state index is 2.22. The Morgan fingerprint density at radius 1 is 1.43 bits per heavy atom. The van der Waals surface area contributed by atoms with Crippen molar-refractivity contribution in [2.24, 2.45) is 0 Å². The molecule has 0 N–H and O–H groups in total. The van der Waals surface area contributed by atoms with Crippen LogP contribution in [-0.4, -0.2) is 10.2 Å². The molecule has 42 valence electrons. The summed E-state index contributed by atoms with van der Waals surface area (Å²) in [5.41, 5.74) is 1.52. The van der Waals surface area contributed by atoms with Gasteiger partial charge in [-0.1, -0.05) is 17.7 Å². The van der Waals surface area contributed by atoms with Crippen LogP contribution in [0.2, 0.25) is 0 Å². The van der Waals surface area contributed by atoms with Gasteiger partial charge in [0.2, 0.25) is 0 Å². The molecule has 0 saturated carbocycles. The Hall–Kier alpha value is -0.0431. The molecule has 0 aliphatic heterocycles. The normalized spacial score (nSPS) is 9.00. The maximum Gasteiger partial charge on any atom is 0.0332 e. The summed E-state index contributed by atoms with van der Waals surface area (Å²) in [5, 5.41) is 1.65. The summed E-state index contributed by atoms with van der Waals surface area (Å²) in [7, 11) is 1.25. The first kappa shape index (κ1) is 6.96. The Kier molecular flexibility index (Phi) is 3.01. The number of rotatable bonds is 1. The van der Waals surface area contributed by atoms with Crippen molar-refractivity contribution >= 4 is 10.2 Å². The standard InChI is InChI=1S/C6H14Si/c1-4-6(7)5(2)3/h4H2,1-3,7H3. The van der Waals surface area contributed by atoms with Crippen LogP contribution in [0.25, 0.3) is 0 Å². The molecule has 0 aromatic rings. The first-order valence-corrected chi connectivity index (χ1v) is 3.81. The van der Waals surface area contributed by atoms with Crippen LogP contribution in [-0.2, 0) is 0 Å². The molecule has 0 aromatic heterocycles. The van der Waals surface area contributed by atoms with Crippen LogP contribution in [0.5, 0.6) is 0 Å². The third kappa shape index (κ3) is 2.63. The molecule has 7 heavy (non-hydrogen) atoms. The highest BCUT2D eigenvalue weighted by Gasteiger charge is 1.82. The maximum absolute atomic E-state index is 2.22. The van der Waals surface area contributed by atoms with Gasteiger partial charge in [0.1, 0.15) is 0 Å². The Balaban J connectivity index is 3.72. The lowest BCUT2D eigenvalue weighted by molar-refractivity contribution is 1.14. The molecule has 0 aromatic carbocycles.